The van der Waals surface area contributed by atoms with Gasteiger partial charge in [0.05, 0.1) is 5.69 Å². The summed E-state index contributed by atoms with van der Waals surface area (Å²) in [6, 6.07) is 10.3. The third kappa shape index (κ3) is 4.38. The van der Waals surface area contributed by atoms with E-state index in [1.54, 1.807) is 12.1 Å². The number of carbonyl (C=O) groups excluding carboxylic acids is 1. The predicted molar refractivity (Wildman–Crippen MR) is 90.0 cm³/mol. The van der Waals surface area contributed by atoms with E-state index in [-0.39, 0.29) is 11.5 Å². The normalized spacial score (nSPS) is 10.5. The molecule has 1 heterocycles. The van der Waals surface area contributed by atoms with E-state index in [0.717, 1.165) is 11.6 Å². The van der Waals surface area contributed by atoms with Gasteiger partial charge >= 0.3 is 0 Å². The molecular formula is C18H12F4N4O. The van der Waals surface area contributed by atoms with Crippen LogP contribution in [0.3, 0.4) is 0 Å². The van der Waals surface area contributed by atoms with Crippen LogP contribution in [0.25, 0.3) is 0 Å². The molecule has 9 heteroatoms. The molecule has 0 saturated heterocycles. The molecule has 0 aliphatic carbocycles. The van der Waals surface area contributed by atoms with Crippen LogP contribution in [0.5, 0.6) is 0 Å². The van der Waals surface area contributed by atoms with Crippen molar-refractivity contribution < 1.29 is 22.4 Å². The molecule has 2 N–H and O–H groups in total. The van der Waals surface area contributed by atoms with Gasteiger partial charge in [-0.05, 0) is 42.0 Å². The van der Waals surface area contributed by atoms with Gasteiger partial charge in [-0.2, -0.15) is 0 Å². The Morgan fingerprint density at radius 2 is 1.59 bits per heavy atom. The number of carbonyl (C=O) groups is 1. The van der Waals surface area contributed by atoms with Crippen LogP contribution >= 0.6 is 0 Å². The summed E-state index contributed by atoms with van der Waals surface area (Å²) >= 11 is 0. The lowest BCUT2D eigenvalue weighted by atomic mass is 10.2. The first-order valence-electron chi connectivity index (χ1n) is 7.71. The molecule has 3 aromatic rings. The monoisotopic (exact) mass is 376 g/mol. The van der Waals surface area contributed by atoms with Crippen molar-refractivity contribution in [3.63, 3.8) is 0 Å². The Hall–Kier alpha value is -3.49. The Morgan fingerprint density at radius 3 is 2.26 bits per heavy atom. The second-order valence-corrected chi connectivity index (χ2v) is 5.46. The van der Waals surface area contributed by atoms with Crippen LogP contribution in [-0.2, 0) is 6.54 Å². The van der Waals surface area contributed by atoms with Gasteiger partial charge in [0, 0.05) is 6.54 Å². The van der Waals surface area contributed by atoms with Crippen LogP contribution in [0.2, 0.25) is 0 Å². The fraction of sp³-hybridized carbons (Fsp3) is 0.0556. The SMILES string of the molecule is O=C(Nc1ccc(F)c(F)c1F)c1ccc(NCc2ccc(F)cc2)nn1. The molecule has 0 fully saturated rings. The van der Waals surface area contributed by atoms with Crippen LogP contribution in [0.1, 0.15) is 16.1 Å². The largest absolute Gasteiger partial charge is 0.365 e. The number of hydrogen-bond acceptors (Lipinski definition) is 4. The first kappa shape index (κ1) is 18.3. The predicted octanol–water partition coefficient (Wildman–Crippen LogP) is 3.90. The van der Waals surface area contributed by atoms with E-state index >= 15 is 0 Å². The highest BCUT2D eigenvalue weighted by atomic mass is 19.2. The number of benzene rings is 2. The first-order chi connectivity index (χ1) is 12.9. The van der Waals surface area contributed by atoms with Crippen LogP contribution < -0.4 is 10.6 Å². The summed E-state index contributed by atoms with van der Waals surface area (Å²) in [7, 11) is 0. The molecule has 1 amide bonds. The zero-order valence-electron chi connectivity index (χ0n) is 13.6. The van der Waals surface area contributed by atoms with Crippen LogP contribution in [0, 0.1) is 23.3 Å². The van der Waals surface area contributed by atoms with Crippen molar-refractivity contribution in [2.24, 2.45) is 0 Å². The average molecular weight is 376 g/mol. The van der Waals surface area contributed by atoms with Gasteiger partial charge in [-0.25, -0.2) is 17.6 Å². The van der Waals surface area contributed by atoms with Gasteiger partial charge in [0.1, 0.15) is 11.6 Å². The second kappa shape index (κ2) is 7.81. The summed E-state index contributed by atoms with van der Waals surface area (Å²) in [5, 5.41) is 12.5. The van der Waals surface area contributed by atoms with Crippen LogP contribution in [0.15, 0.2) is 48.5 Å². The summed E-state index contributed by atoms with van der Waals surface area (Å²) in [4.78, 5) is 12.0. The molecule has 0 unspecified atom stereocenters. The molecule has 138 valence electrons. The summed E-state index contributed by atoms with van der Waals surface area (Å²) in [6.07, 6.45) is 0. The number of hydrogen-bond donors (Lipinski definition) is 2. The van der Waals surface area contributed by atoms with E-state index < -0.39 is 29.0 Å². The maximum atomic E-state index is 13.6. The van der Waals surface area contributed by atoms with E-state index in [2.05, 4.69) is 20.8 Å². The molecule has 1 aromatic heterocycles. The van der Waals surface area contributed by atoms with E-state index in [1.165, 1.54) is 24.3 Å². The van der Waals surface area contributed by atoms with Crippen molar-refractivity contribution >= 4 is 17.4 Å². The van der Waals surface area contributed by atoms with Gasteiger partial charge in [0.25, 0.3) is 5.91 Å². The van der Waals surface area contributed by atoms with Crippen molar-refractivity contribution in [1.29, 1.82) is 0 Å². The highest BCUT2D eigenvalue weighted by Gasteiger charge is 2.16. The lowest BCUT2D eigenvalue weighted by Crippen LogP contribution is -2.16. The van der Waals surface area contributed by atoms with Crippen molar-refractivity contribution in [2.75, 3.05) is 10.6 Å². The van der Waals surface area contributed by atoms with Crippen molar-refractivity contribution in [3.8, 4) is 0 Å². The summed E-state index contributed by atoms with van der Waals surface area (Å²) < 4.78 is 52.5. The highest BCUT2D eigenvalue weighted by molar-refractivity contribution is 6.02. The summed E-state index contributed by atoms with van der Waals surface area (Å²) in [6.45, 7) is 0.362. The summed E-state index contributed by atoms with van der Waals surface area (Å²) in [5.74, 6) is -5.37. The Kier molecular flexibility index (Phi) is 5.30. The standard InChI is InChI=1S/C18H12F4N4O/c19-11-3-1-10(2-4-11)9-23-15-8-7-14(25-26-15)18(27)24-13-6-5-12(20)16(21)17(13)22/h1-8H,9H2,(H,23,26)(H,24,27). The third-order valence-electron chi connectivity index (χ3n) is 3.57. The number of nitrogens with zero attached hydrogens (tertiary/aromatic N) is 2. The number of halogens is 4. The Bertz CT molecular complexity index is 962. The number of anilines is 2. The van der Waals surface area contributed by atoms with Crippen molar-refractivity contribution in [1.82, 2.24) is 10.2 Å². The van der Waals surface area contributed by atoms with E-state index in [4.69, 9.17) is 0 Å². The molecule has 0 radical (unpaired) electrons. The number of nitrogens with one attached hydrogen (secondary N) is 2. The van der Waals surface area contributed by atoms with Gasteiger partial charge in [-0.3, -0.25) is 4.79 Å². The Morgan fingerprint density at radius 1 is 0.852 bits per heavy atom. The molecule has 2 aromatic carbocycles. The molecule has 0 saturated carbocycles. The molecular weight excluding hydrogens is 364 g/mol. The minimum absolute atomic E-state index is 0.147. The topological polar surface area (TPSA) is 66.9 Å². The van der Waals surface area contributed by atoms with Crippen LogP contribution in [0.4, 0.5) is 29.1 Å². The lowest BCUT2D eigenvalue weighted by molar-refractivity contribution is 0.102. The maximum absolute atomic E-state index is 13.6. The van der Waals surface area contributed by atoms with E-state index in [1.807, 2.05) is 0 Å². The Labute approximate surface area is 151 Å². The van der Waals surface area contributed by atoms with Gasteiger partial charge in [-0.1, -0.05) is 12.1 Å². The minimum atomic E-state index is -1.68. The fourth-order valence-electron chi connectivity index (χ4n) is 2.15. The zero-order valence-corrected chi connectivity index (χ0v) is 13.6. The van der Waals surface area contributed by atoms with Crippen molar-refractivity contribution in [2.45, 2.75) is 6.54 Å². The molecule has 5 nitrogen and oxygen atoms in total. The zero-order chi connectivity index (χ0) is 19.4. The van der Waals surface area contributed by atoms with Gasteiger partial charge in [-0.15, -0.1) is 10.2 Å². The smallest absolute Gasteiger partial charge is 0.276 e. The van der Waals surface area contributed by atoms with E-state index in [9.17, 15) is 22.4 Å². The quantitative estimate of drug-likeness (QED) is 0.524. The molecule has 0 aliphatic rings. The van der Waals surface area contributed by atoms with Gasteiger partial charge in [0.15, 0.2) is 23.1 Å². The number of amides is 1. The van der Waals surface area contributed by atoms with Crippen molar-refractivity contribution in [3.05, 3.63) is 83.1 Å². The second-order valence-electron chi connectivity index (χ2n) is 5.46. The molecule has 0 atom stereocenters. The highest BCUT2D eigenvalue weighted by Crippen LogP contribution is 2.20. The molecule has 27 heavy (non-hydrogen) atoms. The van der Waals surface area contributed by atoms with Gasteiger partial charge < -0.3 is 10.6 Å². The first-order valence-corrected chi connectivity index (χ1v) is 7.71. The molecule has 0 spiro atoms. The van der Waals surface area contributed by atoms with Crippen LogP contribution in [-0.4, -0.2) is 16.1 Å². The average Bonchev–Trinajstić information content (AvgIpc) is 2.68. The molecule has 0 aliphatic heterocycles. The number of rotatable bonds is 5. The lowest BCUT2D eigenvalue weighted by Gasteiger charge is -2.08. The Balaban J connectivity index is 1.63. The molecule has 0 bridgehead atoms. The third-order valence-corrected chi connectivity index (χ3v) is 3.57. The minimum Gasteiger partial charge on any atom is -0.365 e. The fourth-order valence-corrected chi connectivity index (χ4v) is 2.15. The van der Waals surface area contributed by atoms with E-state index in [0.29, 0.717) is 18.4 Å². The number of aromatic nitrogens is 2. The summed E-state index contributed by atoms with van der Waals surface area (Å²) in [5.41, 5.74) is 0.152. The van der Waals surface area contributed by atoms with Gasteiger partial charge in [0.2, 0.25) is 0 Å². The maximum Gasteiger partial charge on any atom is 0.276 e. The molecule has 3 rings (SSSR count).